The van der Waals surface area contributed by atoms with Gasteiger partial charge in [-0.3, -0.25) is 4.90 Å². The van der Waals surface area contributed by atoms with E-state index >= 15 is 0 Å². The number of fused-ring (bicyclic) bond motifs is 1. The standard InChI is InChI=1S/C17H19FN2O/c18-15-7-2-1-6-13(15)17-14-11-20(10-12-4-3-5-12)9-8-16(14)21-19-17/h1-2,6-7,12H,3-5,8-11H2. The van der Waals surface area contributed by atoms with E-state index in [1.165, 1.54) is 25.3 Å². The van der Waals surface area contributed by atoms with Gasteiger partial charge in [-0.2, -0.15) is 0 Å². The molecule has 0 radical (unpaired) electrons. The Hall–Kier alpha value is -1.68. The summed E-state index contributed by atoms with van der Waals surface area (Å²) in [5, 5.41) is 4.13. The number of rotatable bonds is 3. The molecule has 1 aliphatic carbocycles. The zero-order valence-electron chi connectivity index (χ0n) is 12.0. The largest absolute Gasteiger partial charge is 0.360 e. The highest BCUT2D eigenvalue weighted by molar-refractivity contribution is 5.64. The maximum atomic E-state index is 14.0. The summed E-state index contributed by atoms with van der Waals surface area (Å²) in [4.78, 5) is 2.47. The highest BCUT2D eigenvalue weighted by Crippen LogP contribution is 2.33. The van der Waals surface area contributed by atoms with Crippen molar-refractivity contribution in [3.05, 3.63) is 41.4 Å². The lowest BCUT2D eigenvalue weighted by Gasteiger charge is -2.34. The average molecular weight is 286 g/mol. The number of halogens is 1. The lowest BCUT2D eigenvalue weighted by molar-refractivity contribution is 0.160. The molecular formula is C17H19FN2O. The van der Waals surface area contributed by atoms with Gasteiger partial charge in [0.05, 0.1) is 0 Å². The molecule has 1 saturated carbocycles. The maximum Gasteiger partial charge on any atom is 0.143 e. The van der Waals surface area contributed by atoms with Gasteiger partial charge in [0.2, 0.25) is 0 Å². The van der Waals surface area contributed by atoms with Gasteiger partial charge in [0.15, 0.2) is 0 Å². The van der Waals surface area contributed by atoms with Gasteiger partial charge in [-0.15, -0.1) is 0 Å². The highest BCUT2D eigenvalue weighted by Gasteiger charge is 2.28. The molecule has 0 spiro atoms. The van der Waals surface area contributed by atoms with E-state index in [2.05, 4.69) is 10.1 Å². The first-order valence-corrected chi connectivity index (χ1v) is 7.76. The molecule has 0 bridgehead atoms. The third-order valence-corrected chi connectivity index (χ3v) is 4.78. The van der Waals surface area contributed by atoms with Gasteiger partial charge >= 0.3 is 0 Å². The fourth-order valence-corrected chi connectivity index (χ4v) is 3.33. The van der Waals surface area contributed by atoms with Gasteiger partial charge in [-0.25, -0.2) is 4.39 Å². The molecule has 0 N–H and O–H groups in total. The van der Waals surface area contributed by atoms with E-state index in [0.717, 1.165) is 43.3 Å². The van der Waals surface area contributed by atoms with E-state index in [1.54, 1.807) is 12.1 Å². The van der Waals surface area contributed by atoms with Gasteiger partial charge in [0.25, 0.3) is 0 Å². The van der Waals surface area contributed by atoms with E-state index in [9.17, 15) is 4.39 Å². The number of nitrogens with zero attached hydrogens (tertiary/aromatic N) is 2. The SMILES string of the molecule is Fc1ccccc1-c1noc2c1CN(CC1CCC1)CC2. The molecule has 2 aliphatic rings. The van der Waals surface area contributed by atoms with Crippen molar-refractivity contribution >= 4 is 0 Å². The smallest absolute Gasteiger partial charge is 0.143 e. The van der Waals surface area contributed by atoms with Crippen LogP contribution in [-0.4, -0.2) is 23.1 Å². The number of hydrogen-bond donors (Lipinski definition) is 0. The molecule has 4 rings (SSSR count). The van der Waals surface area contributed by atoms with Crippen LogP contribution in [-0.2, 0) is 13.0 Å². The van der Waals surface area contributed by atoms with Crippen molar-refractivity contribution in [2.45, 2.75) is 32.2 Å². The number of hydrogen-bond acceptors (Lipinski definition) is 3. The minimum atomic E-state index is -0.232. The first kappa shape index (κ1) is 13.0. The molecule has 1 aliphatic heterocycles. The van der Waals surface area contributed by atoms with Crippen LogP contribution in [0.4, 0.5) is 4.39 Å². The van der Waals surface area contributed by atoms with Crippen LogP contribution in [0.15, 0.2) is 28.8 Å². The van der Waals surface area contributed by atoms with Gasteiger partial charge in [-0.1, -0.05) is 23.7 Å². The first-order chi connectivity index (χ1) is 10.3. The summed E-state index contributed by atoms with van der Waals surface area (Å²) in [6, 6.07) is 6.80. The Kier molecular flexibility index (Phi) is 3.26. The molecule has 0 atom stereocenters. The van der Waals surface area contributed by atoms with Gasteiger partial charge < -0.3 is 4.52 Å². The Morgan fingerprint density at radius 1 is 1.29 bits per heavy atom. The third-order valence-electron chi connectivity index (χ3n) is 4.78. The molecule has 0 saturated heterocycles. The number of aromatic nitrogens is 1. The lowest BCUT2D eigenvalue weighted by atomic mass is 9.84. The van der Waals surface area contributed by atoms with Crippen molar-refractivity contribution in [1.29, 1.82) is 0 Å². The van der Waals surface area contributed by atoms with Crippen LogP contribution in [0, 0.1) is 11.7 Å². The second kappa shape index (κ2) is 5.26. The minimum absolute atomic E-state index is 0.232. The predicted octanol–water partition coefficient (Wildman–Crippen LogP) is 3.64. The van der Waals surface area contributed by atoms with Crippen molar-refractivity contribution in [1.82, 2.24) is 10.1 Å². The van der Waals surface area contributed by atoms with Gasteiger partial charge in [-0.05, 0) is 30.9 Å². The van der Waals surface area contributed by atoms with E-state index in [0.29, 0.717) is 11.3 Å². The predicted molar refractivity (Wildman–Crippen MR) is 78.2 cm³/mol. The third kappa shape index (κ3) is 2.38. The van der Waals surface area contributed by atoms with Gasteiger partial charge in [0.1, 0.15) is 17.3 Å². The summed E-state index contributed by atoms with van der Waals surface area (Å²) >= 11 is 0. The molecule has 2 heterocycles. The monoisotopic (exact) mass is 286 g/mol. The van der Waals surface area contributed by atoms with Crippen LogP contribution in [0.25, 0.3) is 11.3 Å². The quantitative estimate of drug-likeness (QED) is 0.862. The Morgan fingerprint density at radius 3 is 2.90 bits per heavy atom. The van der Waals surface area contributed by atoms with Crippen LogP contribution in [0.2, 0.25) is 0 Å². The summed E-state index contributed by atoms with van der Waals surface area (Å²) in [5.41, 5.74) is 2.31. The van der Waals surface area contributed by atoms with Crippen LogP contribution < -0.4 is 0 Å². The normalized spacial score (nSPS) is 19.3. The molecule has 2 aromatic rings. The minimum Gasteiger partial charge on any atom is -0.360 e. The van der Waals surface area contributed by atoms with E-state index < -0.39 is 0 Å². The average Bonchev–Trinajstić information content (AvgIpc) is 2.86. The summed E-state index contributed by atoms with van der Waals surface area (Å²) < 4.78 is 19.4. The van der Waals surface area contributed by atoms with Crippen LogP contribution in [0.3, 0.4) is 0 Å². The second-order valence-electron chi connectivity index (χ2n) is 6.19. The molecule has 110 valence electrons. The molecule has 4 heteroatoms. The van der Waals surface area contributed by atoms with E-state index in [4.69, 9.17) is 4.52 Å². The van der Waals surface area contributed by atoms with Crippen LogP contribution >= 0.6 is 0 Å². The molecule has 0 unspecified atom stereocenters. The van der Waals surface area contributed by atoms with E-state index in [-0.39, 0.29) is 5.82 Å². The highest BCUT2D eigenvalue weighted by atomic mass is 19.1. The molecule has 0 amide bonds. The van der Waals surface area contributed by atoms with Crippen molar-refractivity contribution in [3.63, 3.8) is 0 Å². The van der Waals surface area contributed by atoms with Crippen molar-refractivity contribution in [2.24, 2.45) is 5.92 Å². The lowest BCUT2D eigenvalue weighted by Crippen LogP contribution is -2.36. The summed E-state index contributed by atoms with van der Waals surface area (Å²) in [7, 11) is 0. The molecule has 3 nitrogen and oxygen atoms in total. The Balaban J connectivity index is 1.61. The molecular weight excluding hydrogens is 267 g/mol. The molecule has 1 fully saturated rings. The summed E-state index contributed by atoms with van der Waals surface area (Å²) in [5.74, 6) is 1.55. The van der Waals surface area contributed by atoms with E-state index in [1.807, 2.05) is 6.07 Å². The maximum absolute atomic E-state index is 14.0. The Labute approximate surface area is 123 Å². The molecule has 1 aromatic carbocycles. The summed E-state index contributed by atoms with van der Waals surface area (Å²) in [6.07, 6.45) is 4.96. The zero-order chi connectivity index (χ0) is 14.2. The Morgan fingerprint density at radius 2 is 2.14 bits per heavy atom. The number of benzene rings is 1. The van der Waals surface area contributed by atoms with Crippen LogP contribution in [0.5, 0.6) is 0 Å². The van der Waals surface area contributed by atoms with Crippen molar-refractivity contribution in [2.75, 3.05) is 13.1 Å². The van der Waals surface area contributed by atoms with Gasteiger partial charge in [0, 0.05) is 37.2 Å². The second-order valence-corrected chi connectivity index (χ2v) is 6.19. The van der Waals surface area contributed by atoms with Crippen molar-refractivity contribution in [3.8, 4) is 11.3 Å². The topological polar surface area (TPSA) is 29.3 Å². The first-order valence-electron chi connectivity index (χ1n) is 7.76. The van der Waals surface area contributed by atoms with Crippen LogP contribution in [0.1, 0.15) is 30.6 Å². The summed E-state index contributed by atoms with van der Waals surface area (Å²) in [6.45, 7) is 3.01. The molecule has 21 heavy (non-hydrogen) atoms. The zero-order valence-corrected chi connectivity index (χ0v) is 12.0. The fraction of sp³-hybridized carbons (Fsp3) is 0.471. The molecule has 1 aromatic heterocycles. The Bertz CT molecular complexity index is 648. The fourth-order valence-electron chi connectivity index (χ4n) is 3.33. The van der Waals surface area contributed by atoms with Crippen molar-refractivity contribution < 1.29 is 8.91 Å².